The molecule has 1 aromatic carbocycles. The molecule has 26 heavy (non-hydrogen) atoms. The molecule has 0 amide bonds. The lowest BCUT2D eigenvalue weighted by Gasteiger charge is -2.05. The van der Waals surface area contributed by atoms with E-state index in [4.69, 9.17) is 11.6 Å². The van der Waals surface area contributed by atoms with Gasteiger partial charge in [0.05, 0.1) is 14.9 Å². The summed E-state index contributed by atoms with van der Waals surface area (Å²) in [5.74, 6) is 0. The van der Waals surface area contributed by atoms with Crippen LogP contribution in [0.3, 0.4) is 0 Å². The van der Waals surface area contributed by atoms with Crippen LogP contribution in [0.15, 0.2) is 41.8 Å². The predicted octanol–water partition coefficient (Wildman–Crippen LogP) is 8.17. The van der Waals surface area contributed by atoms with Crippen LogP contribution in [0.25, 0.3) is 10.6 Å². The Labute approximate surface area is 169 Å². The minimum absolute atomic E-state index is 0.795. The van der Waals surface area contributed by atoms with Gasteiger partial charge in [0.15, 0.2) is 5.13 Å². The first kappa shape index (κ1) is 19.4. The van der Waals surface area contributed by atoms with Crippen LogP contribution in [0.4, 0.5) is 10.8 Å². The molecule has 0 atom stereocenters. The van der Waals surface area contributed by atoms with Gasteiger partial charge in [0.25, 0.3) is 0 Å². The Kier molecular flexibility index (Phi) is 7.54. The van der Waals surface area contributed by atoms with Crippen molar-refractivity contribution in [1.82, 2.24) is 4.98 Å². The number of anilines is 2. The zero-order valence-electron chi connectivity index (χ0n) is 15.1. The highest BCUT2D eigenvalue weighted by molar-refractivity contribution is 7.20. The van der Waals surface area contributed by atoms with Crippen LogP contribution in [0.2, 0.25) is 4.34 Å². The van der Waals surface area contributed by atoms with Crippen LogP contribution in [-0.2, 0) is 6.42 Å². The van der Waals surface area contributed by atoms with Gasteiger partial charge in [0.2, 0.25) is 0 Å². The zero-order chi connectivity index (χ0) is 18.2. The Hall–Kier alpha value is -1.36. The minimum atomic E-state index is 0.795. The number of halogens is 1. The van der Waals surface area contributed by atoms with Crippen molar-refractivity contribution in [2.75, 3.05) is 5.32 Å². The number of unbranched alkanes of at least 4 members (excludes halogenated alkanes) is 5. The molecule has 0 saturated heterocycles. The monoisotopic (exact) mass is 404 g/mol. The molecule has 0 aliphatic carbocycles. The number of nitrogens with one attached hydrogen (secondary N) is 1. The van der Waals surface area contributed by atoms with Crippen molar-refractivity contribution >= 4 is 45.1 Å². The molecule has 2 nitrogen and oxygen atoms in total. The van der Waals surface area contributed by atoms with Crippen molar-refractivity contribution in [2.45, 2.75) is 51.9 Å². The van der Waals surface area contributed by atoms with Gasteiger partial charge >= 0.3 is 0 Å². The number of thiazole rings is 1. The fourth-order valence-electron chi connectivity index (χ4n) is 2.88. The summed E-state index contributed by atoms with van der Waals surface area (Å²) in [6, 6.07) is 12.7. The van der Waals surface area contributed by atoms with Crippen LogP contribution >= 0.6 is 34.3 Å². The molecule has 2 heterocycles. The summed E-state index contributed by atoms with van der Waals surface area (Å²) < 4.78 is 0.795. The average Bonchev–Trinajstić information content (AvgIpc) is 3.28. The number of nitrogens with zero attached hydrogens (tertiary/aromatic N) is 1. The van der Waals surface area contributed by atoms with Crippen molar-refractivity contribution in [3.8, 4) is 10.6 Å². The highest BCUT2D eigenvalue weighted by Gasteiger charge is 2.07. The molecule has 3 aromatic rings. The molecule has 2 aromatic heterocycles. The smallest absolute Gasteiger partial charge is 0.187 e. The third-order valence-corrected chi connectivity index (χ3v) is 6.37. The molecule has 0 aliphatic rings. The molecule has 0 saturated carbocycles. The van der Waals surface area contributed by atoms with Gasteiger partial charge in [-0.1, -0.05) is 62.8 Å². The van der Waals surface area contributed by atoms with Gasteiger partial charge in [-0.2, -0.15) is 0 Å². The Morgan fingerprint density at radius 1 is 0.962 bits per heavy atom. The lowest BCUT2D eigenvalue weighted by Crippen LogP contribution is -1.91. The third-order valence-electron chi connectivity index (χ3n) is 4.35. The van der Waals surface area contributed by atoms with Crippen LogP contribution < -0.4 is 5.32 Å². The normalized spacial score (nSPS) is 11.0. The predicted molar refractivity (Wildman–Crippen MR) is 117 cm³/mol. The van der Waals surface area contributed by atoms with Crippen molar-refractivity contribution in [3.63, 3.8) is 0 Å². The van der Waals surface area contributed by atoms with Crippen LogP contribution in [0, 0.1) is 0 Å². The lowest BCUT2D eigenvalue weighted by molar-refractivity contribution is 0.607. The largest absolute Gasteiger partial charge is 0.332 e. The van der Waals surface area contributed by atoms with Gasteiger partial charge in [-0.3, -0.25) is 0 Å². The molecule has 0 aliphatic heterocycles. The van der Waals surface area contributed by atoms with Crippen LogP contribution in [0.5, 0.6) is 0 Å². The Bertz CT molecular complexity index is 792. The molecule has 0 fully saturated rings. The number of aryl methyl sites for hydroxylation is 1. The van der Waals surface area contributed by atoms with E-state index in [0.29, 0.717) is 0 Å². The molecule has 5 heteroatoms. The molecule has 0 bridgehead atoms. The first-order valence-electron chi connectivity index (χ1n) is 9.32. The molecule has 138 valence electrons. The molecular formula is C21H25ClN2S2. The highest BCUT2D eigenvalue weighted by atomic mass is 35.5. The number of rotatable bonds is 10. The third kappa shape index (κ3) is 5.83. The quantitative estimate of drug-likeness (QED) is 0.344. The maximum absolute atomic E-state index is 6.01. The van der Waals surface area contributed by atoms with Crippen molar-refractivity contribution in [3.05, 3.63) is 51.7 Å². The first-order chi connectivity index (χ1) is 12.7. The molecule has 0 spiro atoms. The van der Waals surface area contributed by atoms with E-state index >= 15 is 0 Å². The first-order valence-corrected chi connectivity index (χ1v) is 11.4. The number of hydrogen-bond acceptors (Lipinski definition) is 4. The van der Waals surface area contributed by atoms with E-state index in [1.807, 2.05) is 12.1 Å². The summed E-state index contributed by atoms with van der Waals surface area (Å²) in [5.41, 5.74) is 3.48. The number of hydrogen-bond donors (Lipinski definition) is 1. The van der Waals surface area contributed by atoms with E-state index in [1.165, 1.54) is 50.5 Å². The Morgan fingerprint density at radius 2 is 1.73 bits per heavy atom. The van der Waals surface area contributed by atoms with Crippen LogP contribution in [-0.4, -0.2) is 4.98 Å². The second kappa shape index (κ2) is 10.1. The van der Waals surface area contributed by atoms with E-state index in [1.54, 1.807) is 22.7 Å². The summed E-state index contributed by atoms with van der Waals surface area (Å²) >= 11 is 9.18. The number of thiophene rings is 1. The van der Waals surface area contributed by atoms with Crippen molar-refractivity contribution in [1.29, 1.82) is 0 Å². The van der Waals surface area contributed by atoms with Crippen molar-refractivity contribution < 1.29 is 0 Å². The number of benzene rings is 1. The minimum Gasteiger partial charge on any atom is -0.332 e. The molecule has 0 unspecified atom stereocenters. The highest BCUT2D eigenvalue weighted by Crippen LogP contribution is 2.33. The average molecular weight is 405 g/mol. The fraction of sp³-hybridized carbons (Fsp3) is 0.381. The summed E-state index contributed by atoms with van der Waals surface area (Å²) in [5, 5.41) is 6.37. The maximum atomic E-state index is 6.01. The van der Waals surface area contributed by atoms with Gasteiger partial charge in [-0.15, -0.1) is 22.7 Å². The Balaban J connectivity index is 1.48. The summed E-state index contributed by atoms with van der Waals surface area (Å²) in [6.45, 7) is 2.26. The fourth-order valence-corrected chi connectivity index (χ4v) is 4.69. The molecule has 1 N–H and O–H groups in total. The van der Waals surface area contributed by atoms with E-state index in [0.717, 1.165) is 25.7 Å². The van der Waals surface area contributed by atoms with Gasteiger partial charge in [0.1, 0.15) is 0 Å². The SMILES string of the molecule is CCCCCCCCc1ccc(Nc2nc(-c3ccc(Cl)s3)cs2)cc1. The van der Waals surface area contributed by atoms with Crippen molar-refractivity contribution in [2.24, 2.45) is 0 Å². The standard InChI is InChI=1S/C21H25ClN2S2/c1-2-3-4-5-6-7-8-16-9-11-17(12-10-16)23-21-24-18(15-25-21)19-13-14-20(22)26-19/h9-15H,2-8H2,1H3,(H,23,24). The van der Waals surface area contributed by atoms with Gasteiger partial charge in [-0.25, -0.2) is 4.98 Å². The molecule has 3 rings (SSSR count). The van der Waals surface area contributed by atoms with E-state index in [2.05, 4.69) is 46.9 Å². The second-order valence-corrected chi connectivity index (χ2v) is 9.05. The number of aromatic nitrogens is 1. The van der Waals surface area contributed by atoms with Gasteiger partial charge in [-0.05, 0) is 42.7 Å². The molecule has 0 radical (unpaired) electrons. The Morgan fingerprint density at radius 3 is 2.46 bits per heavy atom. The summed E-state index contributed by atoms with van der Waals surface area (Å²) in [6.07, 6.45) is 9.24. The summed E-state index contributed by atoms with van der Waals surface area (Å²) in [4.78, 5) is 5.76. The topological polar surface area (TPSA) is 24.9 Å². The summed E-state index contributed by atoms with van der Waals surface area (Å²) in [7, 11) is 0. The van der Waals surface area contributed by atoms with Gasteiger partial charge < -0.3 is 5.32 Å². The van der Waals surface area contributed by atoms with Crippen LogP contribution in [0.1, 0.15) is 51.0 Å². The van der Waals surface area contributed by atoms with Gasteiger partial charge in [0, 0.05) is 11.1 Å². The second-order valence-electron chi connectivity index (χ2n) is 6.48. The van der Waals surface area contributed by atoms with E-state index in [-0.39, 0.29) is 0 Å². The zero-order valence-corrected chi connectivity index (χ0v) is 17.5. The van der Waals surface area contributed by atoms with E-state index in [9.17, 15) is 0 Å². The maximum Gasteiger partial charge on any atom is 0.187 e. The molecular weight excluding hydrogens is 380 g/mol. The lowest BCUT2D eigenvalue weighted by atomic mass is 10.0. The van der Waals surface area contributed by atoms with E-state index < -0.39 is 0 Å².